The van der Waals surface area contributed by atoms with Gasteiger partial charge in [-0.25, -0.2) is 0 Å². The molecule has 52 valence electrons. The number of hydrogen-bond donors (Lipinski definition) is 0. The van der Waals surface area contributed by atoms with Gasteiger partial charge in [0, 0.05) is 5.41 Å². The van der Waals surface area contributed by atoms with Gasteiger partial charge in [0.2, 0.25) is 0 Å². The van der Waals surface area contributed by atoms with Gasteiger partial charge >= 0.3 is 52.8 Å². The molecule has 4 nitrogen and oxygen atoms in total. The fraction of sp³-hybridized carbons (Fsp3) is 0.600. The zero-order valence-corrected chi connectivity index (χ0v) is 9.26. The van der Waals surface area contributed by atoms with E-state index in [1.165, 1.54) is 0 Å². The summed E-state index contributed by atoms with van der Waals surface area (Å²) in [4.78, 5) is 19.9. The molecular formula is C5H7KO4. The van der Waals surface area contributed by atoms with Gasteiger partial charge < -0.3 is 19.8 Å². The van der Waals surface area contributed by atoms with Crippen molar-refractivity contribution < 1.29 is 72.6 Å². The first-order chi connectivity index (χ1) is 3.89. The van der Waals surface area contributed by atoms with Crippen molar-refractivity contribution in [3.05, 3.63) is 0 Å². The normalized spacial score (nSPS) is 9.80. The molecule has 5 heteroatoms. The summed E-state index contributed by atoms with van der Waals surface area (Å²) >= 11 is 0. The number of carbonyl (C=O) groups excluding carboxylic acids is 2. The van der Waals surface area contributed by atoms with E-state index in [0.29, 0.717) is 0 Å². The van der Waals surface area contributed by atoms with Crippen LogP contribution in [-0.2, 0) is 9.59 Å². The van der Waals surface area contributed by atoms with Crippen LogP contribution < -0.4 is 61.6 Å². The molecule has 0 aliphatic heterocycles. The predicted octanol–water partition coefficient (Wildman–Crippen LogP) is -5.37. The van der Waals surface area contributed by atoms with E-state index in [2.05, 4.69) is 0 Å². The molecule has 0 atom stereocenters. The maximum atomic E-state index is 9.93. The number of aliphatic carboxylic acids is 2. The monoisotopic (exact) mass is 170 g/mol. The van der Waals surface area contributed by atoms with Gasteiger partial charge in [0.15, 0.2) is 0 Å². The maximum absolute atomic E-state index is 9.93. The van der Waals surface area contributed by atoms with Crippen molar-refractivity contribution in [1.82, 2.24) is 0 Å². The van der Waals surface area contributed by atoms with E-state index in [1.54, 1.807) is 0 Å². The van der Waals surface area contributed by atoms with Gasteiger partial charge in [-0.15, -0.1) is 0 Å². The Balaban J connectivity index is -0.000000320. The van der Waals surface area contributed by atoms with Gasteiger partial charge in [0.25, 0.3) is 0 Å². The summed E-state index contributed by atoms with van der Waals surface area (Å²) in [5.74, 6) is -3.27. The fourth-order valence-electron chi connectivity index (χ4n) is 0.0833. The first-order valence-electron chi connectivity index (χ1n) is 2.32. The van der Waals surface area contributed by atoms with Crippen LogP contribution in [0.1, 0.15) is 15.3 Å². The largest absolute Gasteiger partial charge is 1.00 e. The van der Waals surface area contributed by atoms with E-state index < -0.39 is 17.4 Å². The molecule has 0 bridgehead atoms. The van der Waals surface area contributed by atoms with Crippen LogP contribution in [0.4, 0.5) is 0 Å². The molecule has 0 aliphatic rings. The molecule has 0 radical (unpaired) electrons. The molecule has 0 saturated heterocycles. The Hall–Kier alpha value is 0.576. The van der Waals surface area contributed by atoms with E-state index in [-0.39, 0.29) is 52.8 Å². The number of hydrogen-bond acceptors (Lipinski definition) is 4. The summed E-state index contributed by atoms with van der Waals surface area (Å²) in [6, 6.07) is 0. The summed E-state index contributed by atoms with van der Waals surface area (Å²) in [5, 5.41) is 19.9. The van der Waals surface area contributed by atoms with Gasteiger partial charge in [-0.2, -0.15) is 0 Å². The van der Waals surface area contributed by atoms with Crippen LogP contribution in [0.3, 0.4) is 0 Å². The third kappa shape index (κ3) is 3.11. The smallest absolute Gasteiger partial charge is 0.549 e. The summed E-state index contributed by atoms with van der Waals surface area (Å²) < 4.78 is 0. The average Bonchev–Trinajstić information content (AvgIpc) is 1.65. The van der Waals surface area contributed by atoms with Gasteiger partial charge in [0.05, 0.1) is 11.9 Å². The molecule has 0 saturated carbocycles. The van der Waals surface area contributed by atoms with Gasteiger partial charge in [-0.1, -0.05) is 0 Å². The van der Waals surface area contributed by atoms with Crippen LogP contribution in [0.2, 0.25) is 0 Å². The zero-order chi connectivity index (χ0) is 7.65. The maximum Gasteiger partial charge on any atom is 1.00 e. The molecule has 0 aromatic heterocycles. The molecule has 0 aromatic carbocycles. The van der Waals surface area contributed by atoms with Crippen LogP contribution >= 0.6 is 0 Å². The van der Waals surface area contributed by atoms with Crippen molar-refractivity contribution in [2.45, 2.75) is 13.8 Å². The number of carboxylic acid groups (broad SMARTS) is 2. The van der Waals surface area contributed by atoms with Crippen molar-refractivity contribution in [2.75, 3.05) is 0 Å². The second-order valence-corrected chi connectivity index (χ2v) is 2.20. The molecule has 0 heterocycles. The van der Waals surface area contributed by atoms with Crippen LogP contribution in [0.25, 0.3) is 0 Å². The first-order valence-corrected chi connectivity index (χ1v) is 2.32. The third-order valence-electron chi connectivity index (χ3n) is 1.02. The van der Waals surface area contributed by atoms with E-state index >= 15 is 0 Å². The first kappa shape index (κ1) is 13.2. The Bertz CT molecular complexity index is 141. The van der Waals surface area contributed by atoms with Crippen molar-refractivity contribution in [3.63, 3.8) is 0 Å². The van der Waals surface area contributed by atoms with Crippen LogP contribution in [0, 0.1) is 5.41 Å². The Morgan fingerprint density at radius 3 is 1.40 bits per heavy atom. The average molecular weight is 170 g/mol. The van der Waals surface area contributed by atoms with Gasteiger partial charge in [-0.05, 0) is 13.8 Å². The fourth-order valence-corrected chi connectivity index (χ4v) is 0.0833. The molecule has 10 heavy (non-hydrogen) atoms. The minimum absolute atomic E-state index is 0. The molecule has 0 aromatic rings. The Morgan fingerprint density at radius 2 is 1.40 bits per heavy atom. The predicted molar refractivity (Wildman–Crippen MR) is 24.9 cm³/mol. The molecule has 0 amide bonds. The molecule has 0 spiro atoms. The SMILES string of the molecule is CC(C)(C(=O)[O-])C(=O)[O-].[H+].[K+]. The van der Waals surface area contributed by atoms with E-state index in [0.717, 1.165) is 13.8 Å². The number of carboxylic acids is 2. The van der Waals surface area contributed by atoms with E-state index in [9.17, 15) is 19.8 Å². The third-order valence-corrected chi connectivity index (χ3v) is 1.02. The number of carbonyl (C=O) groups is 2. The second-order valence-electron chi connectivity index (χ2n) is 2.20. The topological polar surface area (TPSA) is 80.3 Å². The van der Waals surface area contributed by atoms with E-state index in [1.807, 2.05) is 0 Å². The van der Waals surface area contributed by atoms with Crippen molar-refractivity contribution in [3.8, 4) is 0 Å². The summed E-state index contributed by atoms with van der Waals surface area (Å²) in [6.45, 7) is 2.02. The Kier molecular flexibility index (Phi) is 5.87. The minimum atomic E-state index is -1.89. The van der Waals surface area contributed by atoms with Crippen LogP contribution in [-0.4, -0.2) is 11.9 Å². The second kappa shape index (κ2) is 4.45. The van der Waals surface area contributed by atoms with Gasteiger partial charge in [-0.3, -0.25) is 0 Å². The summed E-state index contributed by atoms with van der Waals surface area (Å²) in [7, 11) is 0. The molecule has 0 unspecified atom stereocenters. The Morgan fingerprint density at radius 1 is 1.20 bits per heavy atom. The zero-order valence-electron chi connectivity index (χ0n) is 7.13. The van der Waals surface area contributed by atoms with Crippen molar-refractivity contribution in [2.24, 2.45) is 5.41 Å². The quantitative estimate of drug-likeness (QED) is 0.306. The van der Waals surface area contributed by atoms with Crippen LogP contribution in [0.5, 0.6) is 0 Å². The van der Waals surface area contributed by atoms with Crippen LogP contribution in [0.15, 0.2) is 0 Å². The van der Waals surface area contributed by atoms with Crippen molar-refractivity contribution in [1.29, 1.82) is 0 Å². The Labute approximate surface area is 103 Å². The van der Waals surface area contributed by atoms with Gasteiger partial charge in [0.1, 0.15) is 0 Å². The molecular weight excluding hydrogens is 163 g/mol. The molecule has 0 aliphatic carbocycles. The number of rotatable bonds is 2. The van der Waals surface area contributed by atoms with Crippen molar-refractivity contribution >= 4 is 11.9 Å². The minimum Gasteiger partial charge on any atom is -0.549 e. The standard InChI is InChI=1S/C5H8O4.K/c1-5(2,3(6)7)4(8)9;/h1-2H3,(H,6,7)(H,8,9);/q;+1/p-1. The summed E-state index contributed by atoms with van der Waals surface area (Å²) in [6.07, 6.45) is 0. The summed E-state index contributed by atoms with van der Waals surface area (Å²) in [5.41, 5.74) is -1.89. The molecule has 0 fully saturated rings. The van der Waals surface area contributed by atoms with E-state index in [4.69, 9.17) is 0 Å². The molecule has 0 N–H and O–H groups in total. The molecule has 0 rings (SSSR count).